The zero-order valence-electron chi connectivity index (χ0n) is 12.9. The standard InChI is InChI=1S/C15H29N3O2/c1-12(2)18-9-5-13(6-10-18)17-15(19)11-20-14-3-7-16-8-4-14/h12-14,16H,3-11H2,1-2H3,(H,17,19). The van der Waals surface area contributed by atoms with Gasteiger partial charge < -0.3 is 20.3 Å². The van der Waals surface area contributed by atoms with Gasteiger partial charge in [-0.1, -0.05) is 0 Å². The topological polar surface area (TPSA) is 53.6 Å². The number of nitrogens with zero attached hydrogens (tertiary/aromatic N) is 1. The first-order chi connectivity index (χ1) is 9.65. The molecule has 2 rings (SSSR count). The van der Waals surface area contributed by atoms with Crippen molar-refractivity contribution in [1.29, 1.82) is 0 Å². The van der Waals surface area contributed by atoms with Crippen LogP contribution in [-0.2, 0) is 9.53 Å². The van der Waals surface area contributed by atoms with E-state index in [-0.39, 0.29) is 18.6 Å². The summed E-state index contributed by atoms with van der Waals surface area (Å²) in [6.45, 7) is 8.84. The Morgan fingerprint density at radius 1 is 1.25 bits per heavy atom. The van der Waals surface area contributed by atoms with Gasteiger partial charge in [0.15, 0.2) is 0 Å². The van der Waals surface area contributed by atoms with Gasteiger partial charge in [0.05, 0.1) is 6.10 Å². The number of nitrogens with one attached hydrogen (secondary N) is 2. The summed E-state index contributed by atoms with van der Waals surface area (Å²) in [5.41, 5.74) is 0. The van der Waals surface area contributed by atoms with Gasteiger partial charge in [-0.25, -0.2) is 0 Å². The Morgan fingerprint density at radius 2 is 1.90 bits per heavy atom. The molecule has 2 aliphatic heterocycles. The lowest BCUT2D eigenvalue weighted by molar-refractivity contribution is -0.129. The molecule has 0 aromatic rings. The fraction of sp³-hybridized carbons (Fsp3) is 0.933. The molecule has 0 radical (unpaired) electrons. The smallest absolute Gasteiger partial charge is 0.246 e. The van der Waals surface area contributed by atoms with Crippen molar-refractivity contribution in [1.82, 2.24) is 15.5 Å². The van der Waals surface area contributed by atoms with E-state index in [0.29, 0.717) is 12.1 Å². The van der Waals surface area contributed by atoms with E-state index in [1.165, 1.54) is 0 Å². The highest BCUT2D eigenvalue weighted by Crippen LogP contribution is 2.13. The Labute approximate surface area is 122 Å². The van der Waals surface area contributed by atoms with Gasteiger partial charge in [-0.15, -0.1) is 0 Å². The molecule has 20 heavy (non-hydrogen) atoms. The zero-order chi connectivity index (χ0) is 14.4. The third-order valence-electron chi connectivity index (χ3n) is 4.36. The minimum Gasteiger partial charge on any atom is -0.368 e. The average Bonchev–Trinajstić information content (AvgIpc) is 2.47. The number of carbonyl (C=O) groups excluding carboxylic acids is 1. The van der Waals surface area contributed by atoms with E-state index in [4.69, 9.17) is 4.74 Å². The van der Waals surface area contributed by atoms with E-state index in [1.54, 1.807) is 0 Å². The maximum absolute atomic E-state index is 11.9. The van der Waals surface area contributed by atoms with E-state index >= 15 is 0 Å². The summed E-state index contributed by atoms with van der Waals surface area (Å²) in [6, 6.07) is 0.934. The van der Waals surface area contributed by atoms with Gasteiger partial charge in [0.25, 0.3) is 0 Å². The largest absolute Gasteiger partial charge is 0.368 e. The molecule has 2 N–H and O–H groups in total. The molecule has 2 saturated heterocycles. The second kappa shape index (κ2) is 7.96. The molecule has 5 nitrogen and oxygen atoms in total. The van der Waals surface area contributed by atoms with Crippen LogP contribution in [0.25, 0.3) is 0 Å². The molecule has 2 fully saturated rings. The van der Waals surface area contributed by atoms with Gasteiger partial charge in [0.1, 0.15) is 6.61 Å². The van der Waals surface area contributed by atoms with Crippen LogP contribution in [0.3, 0.4) is 0 Å². The maximum atomic E-state index is 11.9. The zero-order valence-corrected chi connectivity index (χ0v) is 12.9. The van der Waals surface area contributed by atoms with Crippen LogP contribution in [0.5, 0.6) is 0 Å². The van der Waals surface area contributed by atoms with Crippen molar-refractivity contribution >= 4 is 5.91 Å². The molecular formula is C15H29N3O2. The fourth-order valence-corrected chi connectivity index (χ4v) is 2.99. The maximum Gasteiger partial charge on any atom is 0.246 e. The van der Waals surface area contributed by atoms with Gasteiger partial charge in [-0.3, -0.25) is 4.79 Å². The minimum atomic E-state index is 0.0477. The number of piperidine rings is 2. The van der Waals surface area contributed by atoms with E-state index in [1.807, 2.05) is 0 Å². The van der Waals surface area contributed by atoms with Crippen LogP contribution < -0.4 is 10.6 Å². The Balaban J connectivity index is 1.60. The van der Waals surface area contributed by atoms with Crippen LogP contribution in [-0.4, -0.2) is 61.8 Å². The van der Waals surface area contributed by atoms with Gasteiger partial charge >= 0.3 is 0 Å². The molecule has 0 spiro atoms. The molecule has 2 aliphatic rings. The highest BCUT2D eigenvalue weighted by atomic mass is 16.5. The number of likely N-dealkylation sites (tertiary alicyclic amines) is 1. The molecule has 2 heterocycles. The summed E-state index contributed by atoms with van der Waals surface area (Å²) >= 11 is 0. The average molecular weight is 283 g/mol. The van der Waals surface area contributed by atoms with Gasteiger partial charge in [0.2, 0.25) is 5.91 Å². The summed E-state index contributed by atoms with van der Waals surface area (Å²) in [5.74, 6) is 0.0477. The fourth-order valence-electron chi connectivity index (χ4n) is 2.99. The van der Waals surface area contributed by atoms with Crippen molar-refractivity contribution in [3.63, 3.8) is 0 Å². The minimum absolute atomic E-state index is 0.0477. The summed E-state index contributed by atoms with van der Waals surface area (Å²) in [7, 11) is 0. The number of hydrogen-bond acceptors (Lipinski definition) is 4. The molecule has 0 bridgehead atoms. The van der Waals surface area contributed by atoms with Crippen LogP contribution in [0.15, 0.2) is 0 Å². The predicted molar refractivity (Wildman–Crippen MR) is 79.7 cm³/mol. The third kappa shape index (κ3) is 5.04. The Kier molecular flexibility index (Phi) is 6.26. The van der Waals surface area contributed by atoms with Crippen LogP contribution in [0.2, 0.25) is 0 Å². The summed E-state index contributed by atoms with van der Waals surface area (Å²) in [5, 5.41) is 6.41. The molecule has 1 amide bonds. The molecule has 0 unspecified atom stereocenters. The van der Waals surface area contributed by atoms with Gasteiger partial charge in [-0.2, -0.15) is 0 Å². The quantitative estimate of drug-likeness (QED) is 0.781. The first-order valence-corrected chi connectivity index (χ1v) is 8.01. The van der Waals surface area contributed by atoms with Crippen LogP contribution >= 0.6 is 0 Å². The van der Waals surface area contributed by atoms with Crippen molar-refractivity contribution in [3.05, 3.63) is 0 Å². The molecule has 0 aromatic carbocycles. The normalized spacial score (nSPS) is 23.1. The molecule has 0 saturated carbocycles. The summed E-state index contributed by atoms with van der Waals surface area (Å²) < 4.78 is 5.68. The first-order valence-electron chi connectivity index (χ1n) is 8.01. The van der Waals surface area contributed by atoms with Crippen molar-refractivity contribution in [2.24, 2.45) is 0 Å². The molecule has 0 aliphatic carbocycles. The Hall–Kier alpha value is -0.650. The monoisotopic (exact) mass is 283 g/mol. The lowest BCUT2D eigenvalue weighted by Crippen LogP contribution is -2.47. The first kappa shape index (κ1) is 15.7. The molecular weight excluding hydrogens is 254 g/mol. The van der Waals surface area contributed by atoms with Crippen LogP contribution in [0.1, 0.15) is 39.5 Å². The molecule has 5 heteroatoms. The highest BCUT2D eigenvalue weighted by molar-refractivity contribution is 5.77. The predicted octanol–water partition coefficient (Wildman–Crippen LogP) is 0.744. The Morgan fingerprint density at radius 3 is 2.50 bits per heavy atom. The second-order valence-electron chi connectivity index (χ2n) is 6.23. The van der Waals surface area contributed by atoms with Crippen molar-refractivity contribution in [3.8, 4) is 0 Å². The lowest BCUT2D eigenvalue weighted by atomic mass is 10.0. The molecule has 0 aromatic heterocycles. The number of amides is 1. The SMILES string of the molecule is CC(C)N1CCC(NC(=O)COC2CCNCC2)CC1. The van der Waals surface area contributed by atoms with E-state index in [2.05, 4.69) is 29.4 Å². The van der Waals surface area contributed by atoms with Gasteiger partial charge in [-0.05, 0) is 52.6 Å². The van der Waals surface area contributed by atoms with Crippen molar-refractivity contribution in [2.45, 2.75) is 57.7 Å². The van der Waals surface area contributed by atoms with Crippen molar-refractivity contribution < 1.29 is 9.53 Å². The number of rotatable bonds is 5. The van der Waals surface area contributed by atoms with Crippen LogP contribution in [0.4, 0.5) is 0 Å². The summed E-state index contributed by atoms with van der Waals surface area (Å²) in [6.07, 6.45) is 4.39. The van der Waals surface area contributed by atoms with E-state index in [0.717, 1.165) is 51.9 Å². The van der Waals surface area contributed by atoms with E-state index < -0.39 is 0 Å². The number of carbonyl (C=O) groups is 1. The molecule has 0 atom stereocenters. The Bertz CT molecular complexity index is 295. The van der Waals surface area contributed by atoms with E-state index in [9.17, 15) is 4.79 Å². The van der Waals surface area contributed by atoms with Gasteiger partial charge in [0, 0.05) is 25.2 Å². The summed E-state index contributed by atoms with van der Waals surface area (Å²) in [4.78, 5) is 14.4. The lowest BCUT2D eigenvalue weighted by Gasteiger charge is -2.35. The van der Waals surface area contributed by atoms with Crippen LogP contribution in [0, 0.1) is 0 Å². The van der Waals surface area contributed by atoms with Crippen molar-refractivity contribution in [2.75, 3.05) is 32.8 Å². The second-order valence-corrected chi connectivity index (χ2v) is 6.23. The molecule has 116 valence electrons. The highest BCUT2D eigenvalue weighted by Gasteiger charge is 2.22. The number of ether oxygens (including phenoxy) is 1. The third-order valence-corrected chi connectivity index (χ3v) is 4.36. The number of hydrogen-bond donors (Lipinski definition) is 2.